The van der Waals surface area contributed by atoms with Crippen LogP contribution >= 0.6 is 0 Å². The zero-order chi connectivity index (χ0) is 19.6. The molecule has 0 aromatic rings. The van der Waals surface area contributed by atoms with Crippen LogP contribution in [0.25, 0.3) is 0 Å². The first-order valence-corrected chi connectivity index (χ1v) is 9.83. The van der Waals surface area contributed by atoms with Crippen molar-refractivity contribution >= 4 is 5.91 Å². The summed E-state index contributed by atoms with van der Waals surface area (Å²) in [6.45, 7) is 10.7. The van der Waals surface area contributed by atoms with Gasteiger partial charge in [-0.2, -0.15) is 0 Å². The van der Waals surface area contributed by atoms with Crippen LogP contribution in [-0.4, -0.2) is 53.5 Å². The number of aliphatic hydroxyl groups excluding tert-OH is 1. The Labute approximate surface area is 163 Å². The Balaban J connectivity index is 2.01. The Morgan fingerprint density at radius 2 is 1.93 bits per heavy atom. The summed E-state index contributed by atoms with van der Waals surface area (Å²) in [4.78, 5) is 17.1. The van der Waals surface area contributed by atoms with Crippen LogP contribution < -0.4 is 0 Å². The first-order valence-electron chi connectivity index (χ1n) is 9.83. The highest BCUT2D eigenvalue weighted by molar-refractivity contribution is 5.96. The summed E-state index contributed by atoms with van der Waals surface area (Å²) in [6.07, 6.45) is 16.8. The first-order chi connectivity index (χ1) is 13.0. The molecule has 1 saturated heterocycles. The fourth-order valence-electron chi connectivity index (χ4n) is 3.27. The molecule has 0 atom stereocenters. The van der Waals surface area contributed by atoms with Crippen molar-refractivity contribution in [2.45, 2.75) is 33.6 Å². The summed E-state index contributed by atoms with van der Waals surface area (Å²) < 4.78 is 0. The molecule has 4 nitrogen and oxygen atoms in total. The molecule has 2 rings (SSSR count). The van der Waals surface area contributed by atoms with Gasteiger partial charge >= 0.3 is 0 Å². The van der Waals surface area contributed by atoms with E-state index in [9.17, 15) is 9.90 Å². The van der Waals surface area contributed by atoms with Gasteiger partial charge in [0.05, 0.1) is 0 Å². The SMILES string of the molecule is C\C=C/C(O)=C\C=C(C)\C1=C\C/C=C(C(=O)N2CCN(CC)CC2)\C=C/C1. The standard InChI is InChI=1S/C23H32N2O2/c1-4-8-22(26)14-13-19(3)20-9-6-11-21(12-7-10-20)23(27)25-17-15-24(5-2)16-18-25/h4,6,8,10-14,26H,5,7,9,15-18H2,1-3H3/b8-4-,11-6-,19-13+,20-10+,21-12+,22-14+. The van der Waals surface area contributed by atoms with Crippen LogP contribution in [0.2, 0.25) is 0 Å². The number of allylic oxidation sites excluding steroid dienone is 9. The van der Waals surface area contributed by atoms with Crippen molar-refractivity contribution in [3.63, 3.8) is 0 Å². The van der Waals surface area contributed by atoms with Crippen LogP contribution in [0.4, 0.5) is 0 Å². The van der Waals surface area contributed by atoms with Crippen molar-refractivity contribution in [3.05, 3.63) is 71.1 Å². The highest BCUT2D eigenvalue weighted by Gasteiger charge is 2.21. The monoisotopic (exact) mass is 368 g/mol. The van der Waals surface area contributed by atoms with Crippen molar-refractivity contribution in [1.82, 2.24) is 9.80 Å². The summed E-state index contributed by atoms with van der Waals surface area (Å²) >= 11 is 0. The van der Waals surface area contributed by atoms with E-state index < -0.39 is 0 Å². The van der Waals surface area contributed by atoms with E-state index in [2.05, 4.69) is 24.0 Å². The number of hydrogen-bond donors (Lipinski definition) is 1. The molecule has 0 unspecified atom stereocenters. The smallest absolute Gasteiger partial charge is 0.253 e. The van der Waals surface area contributed by atoms with Gasteiger partial charge in [-0.3, -0.25) is 4.79 Å². The molecule has 1 N–H and O–H groups in total. The molecule has 1 aliphatic heterocycles. The molecule has 0 aromatic carbocycles. The van der Waals surface area contributed by atoms with Gasteiger partial charge in [-0.25, -0.2) is 0 Å². The topological polar surface area (TPSA) is 43.8 Å². The Morgan fingerprint density at radius 3 is 2.59 bits per heavy atom. The summed E-state index contributed by atoms with van der Waals surface area (Å²) in [7, 11) is 0. The predicted molar refractivity (Wildman–Crippen MR) is 113 cm³/mol. The summed E-state index contributed by atoms with van der Waals surface area (Å²) in [5.74, 6) is 0.389. The highest BCUT2D eigenvalue weighted by atomic mass is 16.3. The van der Waals surface area contributed by atoms with Crippen molar-refractivity contribution in [2.24, 2.45) is 0 Å². The normalized spacial score (nSPS) is 25.4. The average Bonchev–Trinajstić information content (AvgIpc) is 2.66. The Bertz CT molecular complexity index is 700. The average molecular weight is 369 g/mol. The number of likely N-dealkylation sites (N-methyl/N-ethyl adjacent to an activating group) is 1. The lowest BCUT2D eigenvalue weighted by Gasteiger charge is -2.34. The van der Waals surface area contributed by atoms with E-state index >= 15 is 0 Å². The summed E-state index contributed by atoms with van der Waals surface area (Å²) in [5.41, 5.74) is 3.13. The lowest BCUT2D eigenvalue weighted by atomic mass is 9.98. The van der Waals surface area contributed by atoms with Crippen molar-refractivity contribution < 1.29 is 9.90 Å². The van der Waals surface area contributed by atoms with Gasteiger partial charge in [0, 0.05) is 31.8 Å². The quantitative estimate of drug-likeness (QED) is 0.581. The largest absolute Gasteiger partial charge is 0.508 e. The third-order valence-corrected chi connectivity index (χ3v) is 5.04. The van der Waals surface area contributed by atoms with Gasteiger partial charge in [0.25, 0.3) is 5.91 Å². The van der Waals surface area contributed by atoms with Gasteiger partial charge < -0.3 is 14.9 Å². The van der Waals surface area contributed by atoms with Gasteiger partial charge in [0.15, 0.2) is 0 Å². The van der Waals surface area contributed by atoms with Crippen LogP contribution in [0.1, 0.15) is 33.6 Å². The maximum atomic E-state index is 12.8. The van der Waals surface area contributed by atoms with E-state index in [4.69, 9.17) is 0 Å². The maximum absolute atomic E-state index is 12.8. The predicted octanol–water partition coefficient (Wildman–Crippen LogP) is 4.32. The van der Waals surface area contributed by atoms with E-state index in [-0.39, 0.29) is 11.7 Å². The number of carbonyl (C=O) groups is 1. The molecule has 0 bridgehead atoms. The summed E-state index contributed by atoms with van der Waals surface area (Å²) in [6, 6.07) is 0. The number of amides is 1. The molecule has 1 amide bonds. The third-order valence-electron chi connectivity index (χ3n) is 5.04. The second kappa shape index (κ2) is 10.7. The highest BCUT2D eigenvalue weighted by Crippen LogP contribution is 2.20. The molecular formula is C23H32N2O2. The molecule has 146 valence electrons. The Morgan fingerprint density at radius 1 is 1.19 bits per heavy atom. The minimum Gasteiger partial charge on any atom is -0.508 e. The number of rotatable bonds is 5. The molecule has 0 radical (unpaired) electrons. The van der Waals surface area contributed by atoms with E-state index in [1.807, 2.05) is 37.0 Å². The first kappa shape index (κ1) is 21.0. The number of piperazine rings is 1. The molecule has 0 spiro atoms. The fourth-order valence-corrected chi connectivity index (χ4v) is 3.27. The van der Waals surface area contributed by atoms with Crippen LogP contribution in [0.5, 0.6) is 0 Å². The molecular weight excluding hydrogens is 336 g/mol. The summed E-state index contributed by atoms with van der Waals surface area (Å²) in [5, 5.41) is 9.69. The van der Waals surface area contributed by atoms with Gasteiger partial charge in [-0.1, -0.05) is 43.4 Å². The van der Waals surface area contributed by atoms with Crippen LogP contribution in [0.15, 0.2) is 71.1 Å². The van der Waals surface area contributed by atoms with Crippen molar-refractivity contribution in [1.29, 1.82) is 0 Å². The number of nitrogens with zero attached hydrogens (tertiary/aromatic N) is 2. The van der Waals surface area contributed by atoms with Gasteiger partial charge in [0.2, 0.25) is 0 Å². The van der Waals surface area contributed by atoms with Crippen LogP contribution in [0.3, 0.4) is 0 Å². The zero-order valence-electron chi connectivity index (χ0n) is 16.8. The lowest BCUT2D eigenvalue weighted by molar-refractivity contribution is -0.128. The van der Waals surface area contributed by atoms with E-state index in [0.717, 1.165) is 56.7 Å². The molecule has 27 heavy (non-hydrogen) atoms. The van der Waals surface area contributed by atoms with E-state index in [1.165, 1.54) is 5.57 Å². The Hall–Kier alpha value is -2.33. The molecule has 1 aliphatic carbocycles. The molecule has 2 aliphatic rings. The molecule has 1 fully saturated rings. The van der Waals surface area contributed by atoms with Gasteiger partial charge in [-0.05, 0) is 56.5 Å². The Kier molecular flexibility index (Phi) is 8.34. The van der Waals surface area contributed by atoms with Crippen molar-refractivity contribution in [2.75, 3.05) is 32.7 Å². The molecule has 1 heterocycles. The van der Waals surface area contributed by atoms with E-state index in [0.29, 0.717) is 0 Å². The molecule has 0 saturated carbocycles. The van der Waals surface area contributed by atoms with Gasteiger partial charge in [-0.15, -0.1) is 0 Å². The number of carbonyl (C=O) groups excluding carboxylic acids is 1. The van der Waals surface area contributed by atoms with Crippen LogP contribution in [-0.2, 0) is 4.79 Å². The second-order valence-corrected chi connectivity index (χ2v) is 6.90. The molecule has 0 aromatic heterocycles. The lowest BCUT2D eigenvalue weighted by Crippen LogP contribution is -2.48. The third kappa shape index (κ3) is 6.40. The van der Waals surface area contributed by atoms with E-state index in [1.54, 1.807) is 18.2 Å². The van der Waals surface area contributed by atoms with Crippen LogP contribution in [0, 0.1) is 0 Å². The fraction of sp³-hybridized carbons (Fsp3) is 0.435. The minimum atomic E-state index is 0.144. The zero-order valence-corrected chi connectivity index (χ0v) is 16.8. The number of aliphatic hydroxyl groups is 1. The second-order valence-electron chi connectivity index (χ2n) is 6.90. The van der Waals surface area contributed by atoms with Crippen molar-refractivity contribution in [3.8, 4) is 0 Å². The van der Waals surface area contributed by atoms with Gasteiger partial charge in [0.1, 0.15) is 5.76 Å². The molecule has 4 heteroatoms. The minimum absolute atomic E-state index is 0.144. The maximum Gasteiger partial charge on any atom is 0.253 e. The number of hydrogen-bond acceptors (Lipinski definition) is 3.